The Morgan fingerprint density at radius 3 is 2.43 bits per heavy atom. The predicted molar refractivity (Wildman–Crippen MR) is 139 cm³/mol. The number of likely N-dealkylation sites (N-methyl/N-ethyl adjacent to an activating group) is 1. The molecule has 1 aliphatic heterocycles. The maximum Gasteiger partial charge on any atom is 0.251 e. The van der Waals surface area contributed by atoms with E-state index in [9.17, 15) is 14.4 Å². The van der Waals surface area contributed by atoms with Crippen molar-refractivity contribution in [2.75, 3.05) is 23.4 Å². The SMILES string of the molecule is CCC(=O)N1C[C@H](NC(=O)[C@H](C)NC)C(=O)N(Cc2c(C)ccc3ccccc23)c2ccccc21. The largest absolute Gasteiger partial charge is 0.341 e. The van der Waals surface area contributed by atoms with Gasteiger partial charge in [-0.15, -0.1) is 0 Å². The van der Waals surface area contributed by atoms with E-state index in [4.69, 9.17) is 0 Å². The molecule has 0 bridgehead atoms. The van der Waals surface area contributed by atoms with Crippen LogP contribution in [-0.2, 0) is 20.9 Å². The lowest BCUT2D eigenvalue weighted by molar-refractivity contribution is -0.128. The number of carbonyl (C=O) groups is 3. The molecule has 182 valence electrons. The van der Waals surface area contributed by atoms with Crippen LogP contribution in [0.1, 0.15) is 31.4 Å². The quantitative estimate of drug-likeness (QED) is 0.575. The fraction of sp³-hybridized carbons (Fsp3) is 0.321. The maximum atomic E-state index is 14.0. The molecular formula is C28H32N4O3. The molecular weight excluding hydrogens is 440 g/mol. The maximum absolute atomic E-state index is 14.0. The lowest BCUT2D eigenvalue weighted by atomic mass is 9.99. The minimum Gasteiger partial charge on any atom is -0.341 e. The Balaban J connectivity index is 1.84. The molecule has 7 heteroatoms. The molecule has 7 nitrogen and oxygen atoms in total. The Hall–Kier alpha value is -3.71. The molecule has 2 atom stereocenters. The Labute approximate surface area is 206 Å². The number of aryl methyl sites for hydroxylation is 1. The van der Waals surface area contributed by atoms with Gasteiger partial charge in [0.25, 0.3) is 5.91 Å². The van der Waals surface area contributed by atoms with Gasteiger partial charge in [-0.05, 0) is 54.9 Å². The molecule has 1 heterocycles. The van der Waals surface area contributed by atoms with Crippen LogP contribution in [0, 0.1) is 6.92 Å². The van der Waals surface area contributed by atoms with Crippen LogP contribution in [0.5, 0.6) is 0 Å². The number of hydrogen-bond donors (Lipinski definition) is 2. The average molecular weight is 473 g/mol. The number of benzene rings is 3. The van der Waals surface area contributed by atoms with Gasteiger partial charge in [-0.2, -0.15) is 0 Å². The fourth-order valence-corrected chi connectivity index (χ4v) is 4.52. The van der Waals surface area contributed by atoms with E-state index in [0.717, 1.165) is 21.9 Å². The first-order valence-corrected chi connectivity index (χ1v) is 12.0. The summed E-state index contributed by atoms with van der Waals surface area (Å²) in [5.74, 6) is -0.635. The summed E-state index contributed by atoms with van der Waals surface area (Å²) in [6.45, 7) is 5.97. The van der Waals surface area contributed by atoms with E-state index in [0.29, 0.717) is 24.3 Å². The molecule has 3 aromatic rings. The van der Waals surface area contributed by atoms with E-state index >= 15 is 0 Å². The standard InChI is InChI=1S/C28H32N4O3/c1-5-26(33)31-17-23(30-27(34)19(3)29-4)28(35)32(25-13-9-8-12-24(25)31)16-22-18(2)14-15-20-10-6-7-11-21(20)22/h6-15,19,23,29H,5,16-17H2,1-4H3,(H,30,34)/t19-,23-/m0/s1. The lowest BCUT2D eigenvalue weighted by Crippen LogP contribution is -2.55. The third-order valence-electron chi connectivity index (χ3n) is 6.73. The van der Waals surface area contributed by atoms with Crippen LogP contribution < -0.4 is 20.4 Å². The number of carbonyl (C=O) groups excluding carboxylic acids is 3. The molecule has 35 heavy (non-hydrogen) atoms. The molecule has 0 saturated heterocycles. The molecule has 0 spiro atoms. The van der Waals surface area contributed by atoms with Gasteiger partial charge in [-0.1, -0.05) is 55.5 Å². The van der Waals surface area contributed by atoms with Gasteiger partial charge in [0.2, 0.25) is 11.8 Å². The number of anilines is 2. The summed E-state index contributed by atoms with van der Waals surface area (Å²) in [6, 6.07) is 18.4. The summed E-state index contributed by atoms with van der Waals surface area (Å²) >= 11 is 0. The molecule has 2 N–H and O–H groups in total. The highest BCUT2D eigenvalue weighted by Crippen LogP contribution is 2.35. The molecule has 4 rings (SSSR count). The molecule has 0 fully saturated rings. The van der Waals surface area contributed by atoms with Gasteiger partial charge in [0.05, 0.1) is 30.5 Å². The van der Waals surface area contributed by atoms with Crippen molar-refractivity contribution in [3.05, 3.63) is 71.8 Å². The van der Waals surface area contributed by atoms with Crippen molar-refractivity contribution in [1.29, 1.82) is 0 Å². The molecule has 0 aromatic heterocycles. The van der Waals surface area contributed by atoms with Gasteiger partial charge >= 0.3 is 0 Å². The second-order valence-electron chi connectivity index (χ2n) is 8.92. The molecule has 3 aromatic carbocycles. The van der Waals surface area contributed by atoms with Crippen LogP contribution in [0.3, 0.4) is 0 Å². The van der Waals surface area contributed by atoms with Gasteiger partial charge in [-0.25, -0.2) is 0 Å². The second-order valence-corrected chi connectivity index (χ2v) is 8.92. The van der Waals surface area contributed by atoms with Crippen LogP contribution in [0.2, 0.25) is 0 Å². The summed E-state index contributed by atoms with van der Waals surface area (Å²) in [6.07, 6.45) is 0.290. The van der Waals surface area contributed by atoms with Crippen LogP contribution in [-0.4, -0.2) is 43.4 Å². The first kappa shape index (κ1) is 24.4. The van der Waals surface area contributed by atoms with Crippen molar-refractivity contribution in [3.8, 4) is 0 Å². The summed E-state index contributed by atoms with van der Waals surface area (Å²) in [4.78, 5) is 43.1. The smallest absolute Gasteiger partial charge is 0.251 e. The zero-order valence-electron chi connectivity index (χ0n) is 20.7. The minimum absolute atomic E-state index is 0.0791. The predicted octanol–water partition coefficient (Wildman–Crippen LogP) is 3.53. The minimum atomic E-state index is -0.878. The number of nitrogens with zero attached hydrogens (tertiary/aromatic N) is 2. The summed E-state index contributed by atoms with van der Waals surface area (Å²) < 4.78 is 0. The average Bonchev–Trinajstić information content (AvgIpc) is 2.99. The fourth-order valence-electron chi connectivity index (χ4n) is 4.52. The zero-order valence-corrected chi connectivity index (χ0v) is 20.7. The molecule has 0 radical (unpaired) electrons. The lowest BCUT2D eigenvalue weighted by Gasteiger charge is -2.27. The Kier molecular flexibility index (Phi) is 7.17. The highest BCUT2D eigenvalue weighted by Gasteiger charge is 2.37. The van der Waals surface area contributed by atoms with Crippen LogP contribution in [0.25, 0.3) is 10.8 Å². The van der Waals surface area contributed by atoms with E-state index in [1.54, 1.807) is 30.7 Å². The van der Waals surface area contributed by atoms with Crippen molar-refractivity contribution in [3.63, 3.8) is 0 Å². The van der Waals surface area contributed by atoms with Gasteiger partial charge in [-0.3, -0.25) is 14.4 Å². The summed E-state index contributed by atoms with van der Waals surface area (Å²) in [7, 11) is 1.69. The van der Waals surface area contributed by atoms with Crippen molar-refractivity contribution in [1.82, 2.24) is 10.6 Å². The van der Waals surface area contributed by atoms with Crippen LogP contribution in [0.4, 0.5) is 11.4 Å². The number of amides is 3. The van der Waals surface area contributed by atoms with Crippen molar-refractivity contribution in [2.45, 2.75) is 45.8 Å². The molecule has 0 aliphatic carbocycles. The molecule has 1 aliphatic rings. The monoisotopic (exact) mass is 472 g/mol. The highest BCUT2D eigenvalue weighted by atomic mass is 16.2. The third kappa shape index (κ3) is 4.77. The number of fused-ring (bicyclic) bond motifs is 2. The Bertz CT molecular complexity index is 1270. The van der Waals surface area contributed by atoms with E-state index in [-0.39, 0.29) is 24.3 Å². The normalized spacial score (nSPS) is 16.6. The second kappa shape index (κ2) is 10.3. The first-order valence-electron chi connectivity index (χ1n) is 12.0. The van der Waals surface area contributed by atoms with Gasteiger partial charge in [0, 0.05) is 6.42 Å². The van der Waals surface area contributed by atoms with E-state index in [2.05, 4.69) is 34.9 Å². The molecule has 3 amide bonds. The van der Waals surface area contributed by atoms with E-state index in [1.807, 2.05) is 43.3 Å². The van der Waals surface area contributed by atoms with Crippen LogP contribution >= 0.6 is 0 Å². The first-order chi connectivity index (χ1) is 16.8. The van der Waals surface area contributed by atoms with Gasteiger partial charge < -0.3 is 20.4 Å². The Morgan fingerprint density at radius 1 is 1.03 bits per heavy atom. The zero-order chi connectivity index (χ0) is 25.1. The van der Waals surface area contributed by atoms with Crippen LogP contribution in [0.15, 0.2) is 60.7 Å². The number of nitrogens with one attached hydrogen (secondary N) is 2. The van der Waals surface area contributed by atoms with Crippen molar-refractivity contribution >= 4 is 39.9 Å². The molecule has 0 saturated carbocycles. The van der Waals surface area contributed by atoms with Crippen molar-refractivity contribution < 1.29 is 14.4 Å². The third-order valence-corrected chi connectivity index (χ3v) is 6.73. The number of rotatable bonds is 6. The van der Waals surface area contributed by atoms with E-state index < -0.39 is 12.1 Å². The number of hydrogen-bond acceptors (Lipinski definition) is 4. The molecule has 0 unspecified atom stereocenters. The topological polar surface area (TPSA) is 81.8 Å². The Morgan fingerprint density at radius 2 is 1.71 bits per heavy atom. The number of para-hydroxylation sites is 2. The highest BCUT2D eigenvalue weighted by molar-refractivity contribution is 6.08. The van der Waals surface area contributed by atoms with Crippen molar-refractivity contribution in [2.24, 2.45) is 0 Å². The summed E-state index contributed by atoms with van der Waals surface area (Å²) in [5, 5.41) is 7.97. The van der Waals surface area contributed by atoms with Gasteiger partial charge in [0.1, 0.15) is 6.04 Å². The van der Waals surface area contributed by atoms with Gasteiger partial charge in [0.15, 0.2) is 0 Å². The summed E-state index contributed by atoms with van der Waals surface area (Å²) in [5.41, 5.74) is 3.44. The van der Waals surface area contributed by atoms with E-state index in [1.165, 1.54) is 0 Å².